The summed E-state index contributed by atoms with van der Waals surface area (Å²) in [5.74, 6) is 0.622. The highest BCUT2D eigenvalue weighted by Crippen LogP contribution is 2.18. The molecule has 1 aliphatic rings. The number of rotatable bonds is 6. The lowest BCUT2D eigenvalue weighted by Crippen LogP contribution is -2.45. The molecule has 0 amide bonds. The Morgan fingerprint density at radius 1 is 1.50 bits per heavy atom. The molecule has 0 aliphatic carbocycles. The number of hydrogen-bond donors (Lipinski definition) is 2. The molecule has 3 N–H and O–H groups in total. The Kier molecular flexibility index (Phi) is 5.36. The summed E-state index contributed by atoms with van der Waals surface area (Å²) < 4.78 is 28.4. The highest BCUT2D eigenvalue weighted by atomic mass is 32.2. The summed E-state index contributed by atoms with van der Waals surface area (Å²) in [7, 11) is -3.32. The predicted molar refractivity (Wildman–Crippen MR) is 81.7 cm³/mol. The van der Waals surface area contributed by atoms with Crippen molar-refractivity contribution in [2.75, 3.05) is 25.4 Å². The van der Waals surface area contributed by atoms with Gasteiger partial charge in [-0.05, 0) is 31.6 Å². The zero-order valence-electron chi connectivity index (χ0n) is 11.7. The molecule has 1 aromatic rings. The fourth-order valence-corrected chi connectivity index (χ4v) is 4.10. The molecule has 2 rings (SSSR count). The number of nitrogens with two attached hydrogens (primary N) is 1. The first kappa shape index (κ1) is 15.7. The highest BCUT2D eigenvalue weighted by Gasteiger charge is 2.25. The largest absolute Gasteiger partial charge is 0.375 e. The molecule has 0 atom stereocenters. The summed E-state index contributed by atoms with van der Waals surface area (Å²) in [6.45, 7) is 3.85. The first-order valence-corrected chi connectivity index (χ1v) is 9.24. The molecule has 2 heterocycles. The van der Waals surface area contributed by atoms with Gasteiger partial charge < -0.3 is 5.73 Å². The third-order valence-corrected chi connectivity index (χ3v) is 5.88. The lowest BCUT2D eigenvalue weighted by atomic mass is 10.0. The van der Waals surface area contributed by atoms with Crippen LogP contribution in [0.5, 0.6) is 0 Å². The maximum absolute atomic E-state index is 12.1. The standard InChI is InChI=1S/C12H22N4O2S2/c1-10-4-7-16(8-5-10)20(17,18)14-6-2-3-11-9-19-12(13)15-11/h9-10,14H,2-8H2,1H3,(H2,13,15). The van der Waals surface area contributed by atoms with Crippen LogP contribution in [0.1, 0.15) is 31.9 Å². The van der Waals surface area contributed by atoms with Crippen molar-refractivity contribution in [1.29, 1.82) is 0 Å². The molecule has 1 aromatic heterocycles. The second-order valence-electron chi connectivity index (χ2n) is 5.26. The molecule has 114 valence electrons. The first-order chi connectivity index (χ1) is 9.47. The molecular weight excluding hydrogens is 296 g/mol. The number of piperidine rings is 1. The van der Waals surface area contributed by atoms with Gasteiger partial charge in [-0.25, -0.2) is 9.71 Å². The number of anilines is 1. The van der Waals surface area contributed by atoms with Crippen LogP contribution in [0.15, 0.2) is 5.38 Å². The normalized spacial score (nSPS) is 18.4. The summed E-state index contributed by atoms with van der Waals surface area (Å²) in [6.07, 6.45) is 3.36. The number of aromatic nitrogens is 1. The minimum Gasteiger partial charge on any atom is -0.375 e. The van der Waals surface area contributed by atoms with Crippen LogP contribution in [0.2, 0.25) is 0 Å². The number of hydrogen-bond acceptors (Lipinski definition) is 5. The molecule has 0 saturated carbocycles. The first-order valence-electron chi connectivity index (χ1n) is 6.92. The Morgan fingerprint density at radius 3 is 2.80 bits per heavy atom. The summed E-state index contributed by atoms with van der Waals surface area (Å²) in [5, 5.41) is 2.47. The second kappa shape index (κ2) is 6.84. The van der Waals surface area contributed by atoms with Crippen molar-refractivity contribution in [3.8, 4) is 0 Å². The van der Waals surface area contributed by atoms with E-state index in [-0.39, 0.29) is 0 Å². The van der Waals surface area contributed by atoms with Gasteiger partial charge in [0.25, 0.3) is 10.2 Å². The van der Waals surface area contributed by atoms with Crippen molar-refractivity contribution < 1.29 is 8.42 Å². The number of aryl methyl sites for hydroxylation is 1. The Labute approximate surface area is 124 Å². The third kappa shape index (κ3) is 4.41. The molecule has 0 spiro atoms. The maximum Gasteiger partial charge on any atom is 0.279 e. The summed E-state index contributed by atoms with van der Waals surface area (Å²) in [5.41, 5.74) is 6.48. The van der Waals surface area contributed by atoms with Crippen molar-refractivity contribution in [1.82, 2.24) is 14.0 Å². The van der Waals surface area contributed by atoms with Crippen LogP contribution < -0.4 is 10.5 Å². The molecule has 0 radical (unpaired) electrons. The lowest BCUT2D eigenvalue weighted by molar-refractivity contribution is 0.285. The minimum absolute atomic E-state index is 0.436. The van der Waals surface area contributed by atoms with E-state index in [1.807, 2.05) is 5.38 Å². The zero-order chi connectivity index (χ0) is 14.6. The summed E-state index contributed by atoms with van der Waals surface area (Å²) >= 11 is 1.41. The van der Waals surface area contributed by atoms with E-state index in [1.165, 1.54) is 11.3 Å². The molecule has 8 heteroatoms. The Balaban J connectivity index is 1.72. The highest BCUT2D eigenvalue weighted by molar-refractivity contribution is 7.87. The minimum atomic E-state index is -3.32. The van der Waals surface area contributed by atoms with Gasteiger partial charge in [0, 0.05) is 25.0 Å². The smallest absolute Gasteiger partial charge is 0.279 e. The van der Waals surface area contributed by atoms with Gasteiger partial charge in [0.05, 0.1) is 5.69 Å². The average Bonchev–Trinajstić information content (AvgIpc) is 2.81. The van der Waals surface area contributed by atoms with Gasteiger partial charge in [0.2, 0.25) is 0 Å². The van der Waals surface area contributed by atoms with Gasteiger partial charge in [-0.1, -0.05) is 6.92 Å². The van der Waals surface area contributed by atoms with Crippen molar-refractivity contribution in [2.24, 2.45) is 5.92 Å². The van der Waals surface area contributed by atoms with Gasteiger partial charge >= 0.3 is 0 Å². The molecule has 0 unspecified atom stereocenters. The molecule has 0 bridgehead atoms. The van der Waals surface area contributed by atoms with Crippen LogP contribution >= 0.6 is 11.3 Å². The average molecular weight is 318 g/mol. The van der Waals surface area contributed by atoms with Gasteiger partial charge in [0.1, 0.15) is 0 Å². The van der Waals surface area contributed by atoms with E-state index in [0.29, 0.717) is 30.7 Å². The Hall–Kier alpha value is -0.700. The van der Waals surface area contributed by atoms with Crippen molar-refractivity contribution in [3.63, 3.8) is 0 Å². The molecule has 0 aromatic carbocycles. The second-order valence-corrected chi connectivity index (χ2v) is 7.91. The maximum atomic E-state index is 12.1. The lowest BCUT2D eigenvalue weighted by Gasteiger charge is -2.29. The predicted octanol–water partition coefficient (Wildman–Crippen LogP) is 1.22. The van der Waals surface area contributed by atoms with Gasteiger partial charge in [-0.15, -0.1) is 11.3 Å². The van der Waals surface area contributed by atoms with Crippen molar-refractivity contribution >= 4 is 26.7 Å². The van der Waals surface area contributed by atoms with E-state index in [1.54, 1.807) is 4.31 Å². The monoisotopic (exact) mass is 318 g/mol. The third-order valence-electron chi connectivity index (χ3n) is 3.55. The van der Waals surface area contributed by atoms with Crippen LogP contribution in [0.4, 0.5) is 5.13 Å². The van der Waals surface area contributed by atoms with Crippen LogP contribution in [-0.2, 0) is 16.6 Å². The molecule has 6 nitrogen and oxygen atoms in total. The molecule has 20 heavy (non-hydrogen) atoms. The van der Waals surface area contributed by atoms with E-state index >= 15 is 0 Å². The molecular formula is C12H22N4O2S2. The van der Waals surface area contributed by atoms with E-state index in [0.717, 1.165) is 31.4 Å². The number of nitrogens with one attached hydrogen (secondary N) is 1. The summed E-state index contributed by atoms with van der Waals surface area (Å²) in [4.78, 5) is 4.15. The van der Waals surface area contributed by atoms with E-state index in [4.69, 9.17) is 5.73 Å². The topological polar surface area (TPSA) is 88.3 Å². The number of nitrogen functional groups attached to an aromatic ring is 1. The Bertz CT molecular complexity index is 521. The van der Waals surface area contributed by atoms with Crippen molar-refractivity contribution in [2.45, 2.75) is 32.6 Å². The molecule has 1 aliphatic heterocycles. The fraction of sp³-hybridized carbons (Fsp3) is 0.750. The number of nitrogens with zero attached hydrogens (tertiary/aromatic N) is 2. The zero-order valence-corrected chi connectivity index (χ0v) is 13.3. The number of thiazole rings is 1. The van der Waals surface area contributed by atoms with Gasteiger partial charge in [0.15, 0.2) is 5.13 Å². The van der Waals surface area contributed by atoms with Crippen LogP contribution in [-0.4, -0.2) is 37.3 Å². The van der Waals surface area contributed by atoms with Gasteiger partial charge in [-0.2, -0.15) is 12.7 Å². The van der Waals surface area contributed by atoms with E-state index in [2.05, 4.69) is 16.6 Å². The van der Waals surface area contributed by atoms with Crippen LogP contribution in [0.3, 0.4) is 0 Å². The van der Waals surface area contributed by atoms with Crippen LogP contribution in [0.25, 0.3) is 0 Å². The van der Waals surface area contributed by atoms with E-state index in [9.17, 15) is 8.42 Å². The fourth-order valence-electron chi connectivity index (χ4n) is 2.22. The Morgan fingerprint density at radius 2 is 2.20 bits per heavy atom. The van der Waals surface area contributed by atoms with E-state index < -0.39 is 10.2 Å². The van der Waals surface area contributed by atoms with Crippen LogP contribution in [0, 0.1) is 5.92 Å². The summed E-state index contributed by atoms with van der Waals surface area (Å²) in [6, 6.07) is 0. The quantitative estimate of drug-likeness (QED) is 0.772. The molecule has 1 fully saturated rings. The van der Waals surface area contributed by atoms with Gasteiger partial charge in [-0.3, -0.25) is 0 Å². The molecule has 1 saturated heterocycles. The van der Waals surface area contributed by atoms with Crippen molar-refractivity contribution in [3.05, 3.63) is 11.1 Å². The SMILES string of the molecule is CC1CCN(S(=O)(=O)NCCCc2csc(N)n2)CC1.